The van der Waals surface area contributed by atoms with Crippen LogP contribution in [0.15, 0.2) is 18.5 Å². The first kappa shape index (κ1) is 14.9. The maximum Gasteiger partial charge on any atom is 0.138 e. The molecule has 18 heavy (non-hydrogen) atoms. The highest BCUT2D eigenvalue weighted by Gasteiger charge is 2.14. The van der Waals surface area contributed by atoms with Gasteiger partial charge in [0.15, 0.2) is 0 Å². The standard InChI is InChI=1S/C14H25N3O/c1-5-11(4)6-14(17-15)12-7-13(9-16-8-12)18-10(2)3/h7-11,14,17H,5-6,15H2,1-4H3. The molecule has 0 saturated carbocycles. The zero-order chi connectivity index (χ0) is 13.5. The van der Waals surface area contributed by atoms with E-state index >= 15 is 0 Å². The van der Waals surface area contributed by atoms with Gasteiger partial charge in [0.2, 0.25) is 0 Å². The monoisotopic (exact) mass is 251 g/mol. The van der Waals surface area contributed by atoms with Gasteiger partial charge in [-0.25, -0.2) is 0 Å². The van der Waals surface area contributed by atoms with Crippen LogP contribution >= 0.6 is 0 Å². The number of ether oxygens (including phenoxy) is 1. The summed E-state index contributed by atoms with van der Waals surface area (Å²) >= 11 is 0. The summed E-state index contributed by atoms with van der Waals surface area (Å²) in [6.45, 7) is 8.43. The molecule has 1 rings (SSSR count). The second kappa shape index (κ2) is 7.34. The number of nitrogens with zero attached hydrogens (tertiary/aromatic N) is 1. The van der Waals surface area contributed by atoms with E-state index in [1.165, 1.54) is 0 Å². The van der Waals surface area contributed by atoms with Gasteiger partial charge in [-0.1, -0.05) is 20.3 Å². The SMILES string of the molecule is CCC(C)CC(NN)c1cncc(OC(C)C)c1. The van der Waals surface area contributed by atoms with Crippen LogP contribution in [0, 0.1) is 5.92 Å². The zero-order valence-corrected chi connectivity index (χ0v) is 11.8. The summed E-state index contributed by atoms with van der Waals surface area (Å²) in [7, 11) is 0. The van der Waals surface area contributed by atoms with E-state index in [2.05, 4.69) is 24.3 Å². The van der Waals surface area contributed by atoms with Crippen LogP contribution in [0.3, 0.4) is 0 Å². The molecule has 4 heteroatoms. The van der Waals surface area contributed by atoms with Gasteiger partial charge in [0, 0.05) is 12.2 Å². The lowest BCUT2D eigenvalue weighted by atomic mass is 9.95. The second-order valence-corrected chi connectivity index (χ2v) is 5.09. The molecular formula is C14H25N3O. The Balaban J connectivity index is 2.79. The number of hydrazine groups is 1. The third kappa shape index (κ3) is 4.63. The van der Waals surface area contributed by atoms with Crippen LogP contribution in [0.4, 0.5) is 0 Å². The van der Waals surface area contributed by atoms with Crippen LogP contribution in [-0.4, -0.2) is 11.1 Å². The summed E-state index contributed by atoms with van der Waals surface area (Å²) in [6.07, 6.45) is 5.88. The van der Waals surface area contributed by atoms with Crippen molar-refractivity contribution in [2.75, 3.05) is 0 Å². The first-order chi connectivity index (χ1) is 8.56. The van der Waals surface area contributed by atoms with Crippen LogP contribution < -0.4 is 16.0 Å². The lowest BCUT2D eigenvalue weighted by Gasteiger charge is -2.20. The number of hydrogen-bond donors (Lipinski definition) is 2. The Hall–Kier alpha value is -1.13. The van der Waals surface area contributed by atoms with E-state index in [4.69, 9.17) is 10.6 Å². The molecule has 3 N–H and O–H groups in total. The van der Waals surface area contributed by atoms with Crippen molar-refractivity contribution in [2.24, 2.45) is 11.8 Å². The number of aromatic nitrogens is 1. The molecule has 0 aliphatic carbocycles. The Morgan fingerprint density at radius 2 is 2.06 bits per heavy atom. The van der Waals surface area contributed by atoms with Crippen molar-refractivity contribution >= 4 is 0 Å². The summed E-state index contributed by atoms with van der Waals surface area (Å²) in [5.41, 5.74) is 3.95. The summed E-state index contributed by atoms with van der Waals surface area (Å²) in [4.78, 5) is 4.22. The van der Waals surface area contributed by atoms with Crippen molar-refractivity contribution < 1.29 is 4.74 Å². The molecule has 1 aromatic rings. The smallest absolute Gasteiger partial charge is 0.138 e. The molecule has 1 aromatic heterocycles. The molecule has 0 aliphatic rings. The van der Waals surface area contributed by atoms with E-state index in [9.17, 15) is 0 Å². The van der Waals surface area contributed by atoms with Gasteiger partial charge in [-0.3, -0.25) is 16.3 Å². The Bertz CT molecular complexity index is 355. The molecule has 2 atom stereocenters. The average Bonchev–Trinajstić information content (AvgIpc) is 2.35. The first-order valence-corrected chi connectivity index (χ1v) is 6.64. The van der Waals surface area contributed by atoms with E-state index in [-0.39, 0.29) is 12.1 Å². The lowest BCUT2D eigenvalue weighted by Crippen LogP contribution is -2.29. The second-order valence-electron chi connectivity index (χ2n) is 5.09. The van der Waals surface area contributed by atoms with Crippen LogP contribution in [0.2, 0.25) is 0 Å². The van der Waals surface area contributed by atoms with Gasteiger partial charge in [0.1, 0.15) is 5.75 Å². The predicted molar refractivity (Wildman–Crippen MR) is 74.1 cm³/mol. The quantitative estimate of drug-likeness (QED) is 0.578. The van der Waals surface area contributed by atoms with Gasteiger partial charge in [-0.05, 0) is 37.8 Å². The number of rotatable bonds is 7. The minimum absolute atomic E-state index is 0.128. The fraction of sp³-hybridized carbons (Fsp3) is 0.643. The minimum atomic E-state index is 0.128. The lowest BCUT2D eigenvalue weighted by molar-refractivity contribution is 0.241. The first-order valence-electron chi connectivity index (χ1n) is 6.64. The summed E-state index contributed by atoms with van der Waals surface area (Å²) in [5, 5.41) is 0. The third-order valence-corrected chi connectivity index (χ3v) is 3.04. The van der Waals surface area contributed by atoms with E-state index in [1.54, 1.807) is 6.20 Å². The molecule has 4 nitrogen and oxygen atoms in total. The van der Waals surface area contributed by atoms with Gasteiger partial charge in [0.25, 0.3) is 0 Å². The van der Waals surface area contributed by atoms with E-state index in [0.717, 1.165) is 24.2 Å². The van der Waals surface area contributed by atoms with Crippen molar-refractivity contribution in [1.29, 1.82) is 0 Å². The maximum atomic E-state index is 5.65. The van der Waals surface area contributed by atoms with Gasteiger partial charge in [-0.15, -0.1) is 0 Å². The van der Waals surface area contributed by atoms with Crippen LogP contribution in [-0.2, 0) is 0 Å². The van der Waals surface area contributed by atoms with E-state index in [0.29, 0.717) is 5.92 Å². The Morgan fingerprint density at radius 1 is 1.33 bits per heavy atom. The zero-order valence-electron chi connectivity index (χ0n) is 11.8. The average molecular weight is 251 g/mol. The Morgan fingerprint density at radius 3 is 2.61 bits per heavy atom. The predicted octanol–water partition coefficient (Wildman–Crippen LogP) is 2.81. The molecule has 0 aromatic carbocycles. The van der Waals surface area contributed by atoms with Crippen LogP contribution in [0.25, 0.3) is 0 Å². The van der Waals surface area contributed by atoms with Crippen LogP contribution in [0.1, 0.15) is 52.1 Å². The minimum Gasteiger partial charge on any atom is -0.489 e. The fourth-order valence-electron chi connectivity index (χ4n) is 1.83. The molecule has 0 saturated heterocycles. The number of pyridine rings is 1. The molecule has 0 aliphatic heterocycles. The van der Waals surface area contributed by atoms with Gasteiger partial charge >= 0.3 is 0 Å². The highest BCUT2D eigenvalue weighted by atomic mass is 16.5. The highest BCUT2D eigenvalue weighted by Crippen LogP contribution is 2.24. The van der Waals surface area contributed by atoms with Gasteiger partial charge < -0.3 is 4.74 Å². The molecule has 102 valence electrons. The van der Waals surface area contributed by atoms with Crippen molar-refractivity contribution in [3.05, 3.63) is 24.0 Å². The highest BCUT2D eigenvalue weighted by molar-refractivity contribution is 5.26. The van der Waals surface area contributed by atoms with E-state index in [1.807, 2.05) is 26.1 Å². The molecule has 0 bridgehead atoms. The largest absolute Gasteiger partial charge is 0.489 e. The molecule has 1 heterocycles. The topological polar surface area (TPSA) is 60.2 Å². The van der Waals surface area contributed by atoms with E-state index < -0.39 is 0 Å². The summed E-state index contributed by atoms with van der Waals surface area (Å²) in [5.74, 6) is 7.06. The maximum absolute atomic E-state index is 5.65. The van der Waals surface area contributed by atoms with Gasteiger partial charge in [0.05, 0.1) is 12.3 Å². The molecule has 0 amide bonds. The van der Waals surface area contributed by atoms with Crippen molar-refractivity contribution in [3.8, 4) is 5.75 Å². The molecule has 0 spiro atoms. The number of nitrogens with two attached hydrogens (primary N) is 1. The Labute approximate surface area is 110 Å². The number of hydrogen-bond acceptors (Lipinski definition) is 4. The van der Waals surface area contributed by atoms with Crippen LogP contribution in [0.5, 0.6) is 5.75 Å². The molecule has 0 fully saturated rings. The molecular weight excluding hydrogens is 226 g/mol. The van der Waals surface area contributed by atoms with Gasteiger partial charge in [-0.2, -0.15) is 0 Å². The normalized spacial score (nSPS) is 14.6. The summed E-state index contributed by atoms with van der Waals surface area (Å²) < 4.78 is 5.65. The van der Waals surface area contributed by atoms with Crippen molar-refractivity contribution in [3.63, 3.8) is 0 Å². The van der Waals surface area contributed by atoms with Crippen molar-refractivity contribution in [1.82, 2.24) is 10.4 Å². The molecule has 2 unspecified atom stereocenters. The molecule has 0 radical (unpaired) electrons. The fourth-order valence-corrected chi connectivity index (χ4v) is 1.83. The van der Waals surface area contributed by atoms with Crippen molar-refractivity contribution in [2.45, 2.75) is 52.7 Å². The summed E-state index contributed by atoms with van der Waals surface area (Å²) in [6, 6.07) is 2.14. The Kier molecular flexibility index (Phi) is 6.09. The third-order valence-electron chi connectivity index (χ3n) is 3.04. The number of nitrogens with one attached hydrogen (secondary N) is 1.